The van der Waals surface area contributed by atoms with Gasteiger partial charge in [-0.25, -0.2) is 4.39 Å². The maximum Gasteiger partial charge on any atom is 0.123 e. The van der Waals surface area contributed by atoms with Crippen molar-refractivity contribution in [3.63, 3.8) is 0 Å². The van der Waals surface area contributed by atoms with E-state index in [0.717, 1.165) is 42.7 Å². The highest BCUT2D eigenvalue weighted by atomic mass is 19.1. The van der Waals surface area contributed by atoms with Crippen LogP contribution in [0.25, 0.3) is 11.1 Å². The summed E-state index contributed by atoms with van der Waals surface area (Å²) in [5.41, 5.74) is 2.13. The molecule has 0 saturated carbocycles. The van der Waals surface area contributed by atoms with Crippen molar-refractivity contribution >= 4 is 0 Å². The molecule has 1 heterocycles. The topological polar surface area (TPSA) is 23.5 Å². The molecule has 0 radical (unpaired) electrons. The lowest BCUT2D eigenvalue weighted by Crippen LogP contribution is -2.29. The van der Waals surface area contributed by atoms with Gasteiger partial charge in [0.15, 0.2) is 0 Å². The molecular weight excluding hydrogens is 289 g/mol. The third kappa shape index (κ3) is 3.98. The number of nitrogens with zero attached hydrogens (tertiary/aromatic N) is 1. The van der Waals surface area contributed by atoms with Crippen LogP contribution < -0.4 is 0 Å². The van der Waals surface area contributed by atoms with Crippen molar-refractivity contribution in [3.8, 4) is 11.1 Å². The van der Waals surface area contributed by atoms with E-state index in [4.69, 9.17) is 0 Å². The van der Waals surface area contributed by atoms with Crippen molar-refractivity contribution in [1.82, 2.24) is 4.90 Å². The zero-order valence-electron chi connectivity index (χ0n) is 13.6. The molecule has 122 valence electrons. The first-order valence-corrected chi connectivity index (χ1v) is 8.36. The predicted octanol–water partition coefficient (Wildman–Crippen LogP) is 4.19. The zero-order valence-corrected chi connectivity index (χ0v) is 13.6. The highest BCUT2D eigenvalue weighted by molar-refractivity contribution is 5.63. The predicted molar refractivity (Wildman–Crippen MR) is 91.7 cm³/mol. The van der Waals surface area contributed by atoms with Gasteiger partial charge in [-0.3, -0.25) is 0 Å². The van der Waals surface area contributed by atoms with E-state index in [1.165, 1.54) is 25.0 Å². The van der Waals surface area contributed by atoms with E-state index in [9.17, 15) is 9.50 Å². The minimum Gasteiger partial charge on any atom is -0.385 e. The molecular formula is C20H24FNO. The standard InChI is InChI=1S/C20H24FNO/c1-20(23,12-15-22-13-2-3-14-22)18-8-4-16(5-9-18)17-6-10-19(21)11-7-17/h4-11,23H,2-3,12-15H2,1H3. The Balaban J connectivity index is 1.68. The third-order valence-electron chi connectivity index (χ3n) is 4.80. The first-order valence-electron chi connectivity index (χ1n) is 8.36. The van der Waals surface area contributed by atoms with Gasteiger partial charge in [0, 0.05) is 6.54 Å². The molecule has 23 heavy (non-hydrogen) atoms. The van der Waals surface area contributed by atoms with Crippen LogP contribution in [-0.4, -0.2) is 29.6 Å². The summed E-state index contributed by atoms with van der Waals surface area (Å²) in [5.74, 6) is -0.227. The van der Waals surface area contributed by atoms with Crippen LogP contribution in [0.2, 0.25) is 0 Å². The molecule has 2 nitrogen and oxygen atoms in total. The van der Waals surface area contributed by atoms with Gasteiger partial charge in [0.05, 0.1) is 5.60 Å². The lowest BCUT2D eigenvalue weighted by Gasteiger charge is -2.27. The Morgan fingerprint density at radius 2 is 1.48 bits per heavy atom. The summed E-state index contributed by atoms with van der Waals surface area (Å²) in [6.07, 6.45) is 3.28. The molecule has 1 N–H and O–H groups in total. The molecule has 1 aliphatic heterocycles. The summed E-state index contributed by atoms with van der Waals surface area (Å²) in [6, 6.07) is 14.4. The number of halogens is 1. The van der Waals surface area contributed by atoms with E-state index < -0.39 is 5.60 Å². The van der Waals surface area contributed by atoms with Crippen molar-refractivity contribution in [2.45, 2.75) is 31.8 Å². The van der Waals surface area contributed by atoms with E-state index in [1.807, 2.05) is 31.2 Å². The summed E-state index contributed by atoms with van der Waals surface area (Å²) in [5, 5.41) is 10.8. The Bertz CT molecular complexity index is 628. The highest BCUT2D eigenvalue weighted by Gasteiger charge is 2.24. The second kappa shape index (κ2) is 6.81. The molecule has 0 spiro atoms. The molecule has 0 aliphatic carbocycles. The van der Waals surface area contributed by atoms with Gasteiger partial charge in [-0.1, -0.05) is 36.4 Å². The van der Waals surface area contributed by atoms with Crippen molar-refractivity contribution in [2.24, 2.45) is 0 Å². The largest absolute Gasteiger partial charge is 0.385 e. The second-order valence-corrected chi connectivity index (χ2v) is 6.66. The zero-order chi connectivity index (χ0) is 16.3. The number of hydrogen-bond acceptors (Lipinski definition) is 2. The number of aliphatic hydroxyl groups is 1. The molecule has 1 saturated heterocycles. The van der Waals surface area contributed by atoms with Crippen molar-refractivity contribution < 1.29 is 9.50 Å². The van der Waals surface area contributed by atoms with E-state index >= 15 is 0 Å². The molecule has 1 aliphatic rings. The van der Waals surface area contributed by atoms with Crippen LogP contribution in [0.15, 0.2) is 48.5 Å². The summed E-state index contributed by atoms with van der Waals surface area (Å²) < 4.78 is 13.0. The molecule has 0 aromatic heterocycles. The summed E-state index contributed by atoms with van der Waals surface area (Å²) in [6.45, 7) is 5.13. The van der Waals surface area contributed by atoms with Gasteiger partial charge in [-0.05, 0) is 68.1 Å². The number of benzene rings is 2. The molecule has 1 fully saturated rings. The Morgan fingerprint density at radius 3 is 2.04 bits per heavy atom. The van der Waals surface area contributed by atoms with Gasteiger partial charge < -0.3 is 10.0 Å². The van der Waals surface area contributed by atoms with Crippen molar-refractivity contribution in [1.29, 1.82) is 0 Å². The van der Waals surface area contributed by atoms with Crippen LogP contribution in [0, 0.1) is 5.82 Å². The average Bonchev–Trinajstić information content (AvgIpc) is 3.08. The lowest BCUT2D eigenvalue weighted by atomic mass is 9.91. The van der Waals surface area contributed by atoms with Gasteiger partial charge in [0.25, 0.3) is 0 Å². The van der Waals surface area contributed by atoms with E-state index in [0.29, 0.717) is 0 Å². The molecule has 2 aromatic rings. The average molecular weight is 313 g/mol. The van der Waals surface area contributed by atoms with Crippen LogP contribution in [0.1, 0.15) is 31.7 Å². The van der Waals surface area contributed by atoms with E-state index in [-0.39, 0.29) is 5.82 Å². The van der Waals surface area contributed by atoms with Gasteiger partial charge in [-0.2, -0.15) is 0 Å². The lowest BCUT2D eigenvalue weighted by molar-refractivity contribution is 0.0383. The van der Waals surface area contributed by atoms with Crippen LogP contribution in [-0.2, 0) is 5.60 Å². The van der Waals surface area contributed by atoms with Crippen molar-refractivity contribution in [3.05, 3.63) is 59.9 Å². The van der Waals surface area contributed by atoms with E-state index in [2.05, 4.69) is 4.90 Å². The first-order chi connectivity index (χ1) is 11.0. The summed E-state index contributed by atoms with van der Waals surface area (Å²) in [4.78, 5) is 2.42. The molecule has 3 heteroatoms. The fraction of sp³-hybridized carbons (Fsp3) is 0.400. The Labute approximate surface area is 137 Å². The van der Waals surface area contributed by atoms with E-state index in [1.54, 1.807) is 12.1 Å². The SMILES string of the molecule is CC(O)(CCN1CCCC1)c1ccc(-c2ccc(F)cc2)cc1. The maximum atomic E-state index is 13.0. The molecule has 2 aromatic carbocycles. The van der Waals surface area contributed by atoms with Gasteiger partial charge in [0.1, 0.15) is 5.82 Å². The molecule has 0 amide bonds. The number of rotatable bonds is 5. The second-order valence-electron chi connectivity index (χ2n) is 6.66. The third-order valence-corrected chi connectivity index (χ3v) is 4.80. The quantitative estimate of drug-likeness (QED) is 0.895. The highest BCUT2D eigenvalue weighted by Crippen LogP contribution is 2.28. The normalized spacial score (nSPS) is 18.0. The van der Waals surface area contributed by atoms with Crippen LogP contribution >= 0.6 is 0 Å². The monoisotopic (exact) mass is 313 g/mol. The molecule has 0 bridgehead atoms. The number of hydrogen-bond donors (Lipinski definition) is 1. The fourth-order valence-corrected chi connectivity index (χ4v) is 3.19. The Morgan fingerprint density at radius 1 is 0.957 bits per heavy atom. The van der Waals surface area contributed by atoms with Gasteiger partial charge in [-0.15, -0.1) is 0 Å². The maximum absolute atomic E-state index is 13.0. The Hall–Kier alpha value is -1.71. The van der Waals surface area contributed by atoms with Gasteiger partial charge in [0.2, 0.25) is 0 Å². The van der Waals surface area contributed by atoms with Gasteiger partial charge >= 0.3 is 0 Å². The molecule has 3 rings (SSSR count). The molecule has 1 unspecified atom stereocenters. The summed E-state index contributed by atoms with van der Waals surface area (Å²) in [7, 11) is 0. The minimum atomic E-state index is -0.816. The summed E-state index contributed by atoms with van der Waals surface area (Å²) >= 11 is 0. The van der Waals surface area contributed by atoms with Crippen LogP contribution in [0.3, 0.4) is 0 Å². The van der Waals surface area contributed by atoms with Crippen LogP contribution in [0.5, 0.6) is 0 Å². The fourth-order valence-electron chi connectivity index (χ4n) is 3.19. The number of likely N-dealkylation sites (tertiary alicyclic amines) is 1. The molecule has 1 atom stereocenters. The Kier molecular flexibility index (Phi) is 4.79. The smallest absolute Gasteiger partial charge is 0.123 e. The van der Waals surface area contributed by atoms with Crippen molar-refractivity contribution in [2.75, 3.05) is 19.6 Å². The van der Waals surface area contributed by atoms with Crippen LogP contribution in [0.4, 0.5) is 4.39 Å². The first kappa shape index (κ1) is 16.2. The minimum absolute atomic E-state index is 0.227.